The molecule has 3 rings (SSSR count). The topological polar surface area (TPSA) is 63.1 Å². The van der Waals surface area contributed by atoms with E-state index in [1.807, 2.05) is 17.0 Å². The highest BCUT2D eigenvalue weighted by Gasteiger charge is 2.25. The Balaban J connectivity index is 1.50. The summed E-state index contributed by atoms with van der Waals surface area (Å²) in [5, 5.41) is 7.13. The highest BCUT2D eigenvalue weighted by Crippen LogP contribution is 2.20. The van der Waals surface area contributed by atoms with Crippen LogP contribution < -0.4 is 5.32 Å². The maximum atomic E-state index is 12.3. The molecule has 0 aliphatic carbocycles. The Morgan fingerprint density at radius 2 is 1.83 bits per heavy atom. The number of likely N-dealkylation sites (tertiary alicyclic amines) is 1. The van der Waals surface area contributed by atoms with Gasteiger partial charge in [-0.25, -0.2) is 14.5 Å². The standard InChI is InChI=1S/C18H25N5O/c1-14-7-15(2)10-22(9-14)18(24)20-8-16-3-5-17(6-4-16)11-23-13-19-12-21-23/h3-6,12-15H,7-11H2,1-2H3,(H,20,24). The second-order valence-electron chi connectivity index (χ2n) is 6.92. The van der Waals surface area contributed by atoms with Gasteiger partial charge in [0.25, 0.3) is 0 Å². The van der Waals surface area contributed by atoms with Crippen molar-refractivity contribution < 1.29 is 4.79 Å². The van der Waals surface area contributed by atoms with Gasteiger partial charge in [0.15, 0.2) is 0 Å². The van der Waals surface area contributed by atoms with Crippen molar-refractivity contribution in [3.05, 3.63) is 48.0 Å². The van der Waals surface area contributed by atoms with Gasteiger partial charge in [-0.05, 0) is 29.4 Å². The lowest BCUT2D eigenvalue weighted by Crippen LogP contribution is -2.47. The normalized spacial score (nSPS) is 20.8. The summed E-state index contributed by atoms with van der Waals surface area (Å²) in [6, 6.07) is 8.27. The Morgan fingerprint density at radius 3 is 2.46 bits per heavy atom. The zero-order valence-electron chi connectivity index (χ0n) is 14.4. The number of carbonyl (C=O) groups is 1. The molecule has 0 saturated carbocycles. The predicted octanol–water partition coefficient (Wildman–Crippen LogP) is 2.51. The predicted molar refractivity (Wildman–Crippen MR) is 92.3 cm³/mol. The lowest BCUT2D eigenvalue weighted by molar-refractivity contribution is 0.146. The van der Waals surface area contributed by atoms with Crippen LogP contribution in [0.1, 0.15) is 31.4 Å². The molecule has 6 heteroatoms. The summed E-state index contributed by atoms with van der Waals surface area (Å²) in [5.74, 6) is 1.16. The van der Waals surface area contributed by atoms with Gasteiger partial charge >= 0.3 is 6.03 Å². The zero-order valence-corrected chi connectivity index (χ0v) is 14.4. The molecule has 6 nitrogen and oxygen atoms in total. The van der Waals surface area contributed by atoms with Crippen LogP contribution in [0.25, 0.3) is 0 Å². The van der Waals surface area contributed by atoms with Gasteiger partial charge < -0.3 is 10.2 Å². The Bertz CT molecular complexity index is 643. The van der Waals surface area contributed by atoms with Crippen molar-refractivity contribution >= 4 is 6.03 Å². The largest absolute Gasteiger partial charge is 0.334 e. The van der Waals surface area contributed by atoms with Crippen molar-refractivity contribution in [1.29, 1.82) is 0 Å². The van der Waals surface area contributed by atoms with E-state index in [1.165, 1.54) is 12.7 Å². The maximum Gasteiger partial charge on any atom is 0.317 e. The zero-order chi connectivity index (χ0) is 16.9. The summed E-state index contributed by atoms with van der Waals surface area (Å²) < 4.78 is 1.79. The number of amides is 2. The summed E-state index contributed by atoms with van der Waals surface area (Å²) >= 11 is 0. The second-order valence-corrected chi connectivity index (χ2v) is 6.92. The van der Waals surface area contributed by atoms with Gasteiger partial charge in [0, 0.05) is 19.6 Å². The minimum absolute atomic E-state index is 0.0418. The molecule has 2 unspecified atom stereocenters. The molecule has 1 N–H and O–H groups in total. The molecule has 2 amide bonds. The van der Waals surface area contributed by atoms with Gasteiger partial charge in [0.1, 0.15) is 12.7 Å². The molecule has 0 bridgehead atoms. The van der Waals surface area contributed by atoms with E-state index in [0.717, 1.165) is 24.2 Å². The fourth-order valence-corrected chi connectivity index (χ4v) is 3.38. The van der Waals surface area contributed by atoms with Crippen LogP contribution in [0.5, 0.6) is 0 Å². The van der Waals surface area contributed by atoms with Crippen LogP contribution in [-0.4, -0.2) is 38.8 Å². The minimum atomic E-state index is 0.0418. The second kappa shape index (κ2) is 7.47. The summed E-state index contributed by atoms with van der Waals surface area (Å²) in [4.78, 5) is 18.2. The number of urea groups is 1. The van der Waals surface area contributed by atoms with Crippen molar-refractivity contribution in [2.45, 2.75) is 33.4 Å². The molecule has 1 saturated heterocycles. The maximum absolute atomic E-state index is 12.3. The smallest absolute Gasteiger partial charge is 0.317 e. The van der Waals surface area contributed by atoms with Gasteiger partial charge in [0.2, 0.25) is 0 Å². The fourth-order valence-electron chi connectivity index (χ4n) is 3.38. The molecule has 0 radical (unpaired) electrons. The number of hydrogen-bond acceptors (Lipinski definition) is 3. The van der Waals surface area contributed by atoms with Crippen molar-refractivity contribution in [3.63, 3.8) is 0 Å². The number of piperidine rings is 1. The highest BCUT2D eigenvalue weighted by atomic mass is 16.2. The molecule has 24 heavy (non-hydrogen) atoms. The van der Waals surface area contributed by atoms with Crippen LogP contribution in [0.3, 0.4) is 0 Å². The molecule has 128 valence electrons. The van der Waals surface area contributed by atoms with Crippen molar-refractivity contribution in [2.24, 2.45) is 11.8 Å². The Kier molecular flexibility index (Phi) is 5.13. The van der Waals surface area contributed by atoms with Gasteiger partial charge in [0.05, 0.1) is 6.54 Å². The van der Waals surface area contributed by atoms with E-state index in [9.17, 15) is 4.79 Å². The number of carbonyl (C=O) groups excluding carboxylic acids is 1. The third kappa shape index (κ3) is 4.34. The third-order valence-corrected chi connectivity index (χ3v) is 4.43. The average molecular weight is 327 g/mol. The Morgan fingerprint density at radius 1 is 1.17 bits per heavy atom. The first-order valence-corrected chi connectivity index (χ1v) is 8.53. The number of benzene rings is 1. The van der Waals surface area contributed by atoms with Gasteiger partial charge in [-0.2, -0.15) is 5.10 Å². The van der Waals surface area contributed by atoms with E-state index < -0.39 is 0 Å². The van der Waals surface area contributed by atoms with E-state index in [4.69, 9.17) is 0 Å². The first-order chi connectivity index (χ1) is 11.6. The van der Waals surface area contributed by atoms with Crippen LogP contribution in [-0.2, 0) is 13.1 Å². The van der Waals surface area contributed by atoms with E-state index >= 15 is 0 Å². The van der Waals surface area contributed by atoms with E-state index in [1.54, 1.807) is 11.0 Å². The van der Waals surface area contributed by atoms with E-state index in [-0.39, 0.29) is 6.03 Å². The summed E-state index contributed by atoms with van der Waals surface area (Å²) in [5.41, 5.74) is 2.26. The molecular weight excluding hydrogens is 302 g/mol. The van der Waals surface area contributed by atoms with Gasteiger partial charge in [-0.1, -0.05) is 38.1 Å². The molecule has 0 spiro atoms. The first-order valence-electron chi connectivity index (χ1n) is 8.53. The molecule has 1 aliphatic heterocycles. The number of aromatic nitrogens is 3. The third-order valence-electron chi connectivity index (χ3n) is 4.43. The first kappa shape index (κ1) is 16.5. The lowest BCUT2D eigenvalue weighted by atomic mass is 9.92. The van der Waals surface area contributed by atoms with E-state index in [2.05, 4.69) is 41.4 Å². The molecular formula is C18H25N5O. The van der Waals surface area contributed by atoms with Crippen molar-refractivity contribution in [3.8, 4) is 0 Å². The number of hydrogen-bond donors (Lipinski definition) is 1. The minimum Gasteiger partial charge on any atom is -0.334 e. The Labute approximate surface area is 142 Å². The van der Waals surface area contributed by atoms with Crippen LogP contribution in [0.15, 0.2) is 36.9 Å². The monoisotopic (exact) mass is 327 g/mol. The molecule has 1 aliphatic rings. The molecule has 2 atom stereocenters. The lowest BCUT2D eigenvalue weighted by Gasteiger charge is -2.34. The van der Waals surface area contributed by atoms with Crippen LogP contribution in [0, 0.1) is 11.8 Å². The summed E-state index contributed by atoms with van der Waals surface area (Å²) in [7, 11) is 0. The molecule has 1 aromatic carbocycles. The molecule has 1 aromatic heterocycles. The summed E-state index contributed by atoms with van der Waals surface area (Å²) in [6.07, 6.45) is 4.44. The van der Waals surface area contributed by atoms with Crippen molar-refractivity contribution in [1.82, 2.24) is 25.0 Å². The molecule has 1 fully saturated rings. The van der Waals surface area contributed by atoms with E-state index in [0.29, 0.717) is 24.9 Å². The molecule has 2 aromatic rings. The number of rotatable bonds is 4. The van der Waals surface area contributed by atoms with Crippen molar-refractivity contribution in [2.75, 3.05) is 13.1 Å². The number of nitrogens with zero attached hydrogens (tertiary/aromatic N) is 4. The van der Waals surface area contributed by atoms with Crippen LogP contribution in [0.2, 0.25) is 0 Å². The summed E-state index contributed by atoms with van der Waals surface area (Å²) in [6.45, 7) is 7.39. The fraction of sp³-hybridized carbons (Fsp3) is 0.500. The molecule has 2 heterocycles. The number of nitrogens with one attached hydrogen (secondary N) is 1. The highest BCUT2D eigenvalue weighted by molar-refractivity contribution is 5.74. The van der Waals surface area contributed by atoms with Gasteiger partial charge in [-0.15, -0.1) is 0 Å². The van der Waals surface area contributed by atoms with Crippen LogP contribution >= 0.6 is 0 Å². The quantitative estimate of drug-likeness (QED) is 0.938. The Hall–Kier alpha value is -2.37. The average Bonchev–Trinajstić information content (AvgIpc) is 3.06. The van der Waals surface area contributed by atoms with Crippen LogP contribution in [0.4, 0.5) is 4.79 Å². The SMILES string of the molecule is CC1CC(C)CN(C(=O)NCc2ccc(Cn3cncn3)cc2)C1. The van der Waals surface area contributed by atoms with Gasteiger partial charge in [-0.3, -0.25) is 0 Å².